The molecule has 0 bridgehead atoms. The van der Waals surface area contributed by atoms with Crippen molar-refractivity contribution in [3.8, 4) is 0 Å². The van der Waals surface area contributed by atoms with Crippen LogP contribution in [0, 0.1) is 0 Å². The number of ether oxygens (including phenoxy) is 2. The fourth-order valence-corrected chi connectivity index (χ4v) is 1.75. The molecule has 0 heterocycles. The highest BCUT2D eigenvalue weighted by molar-refractivity contribution is 6.31. The first kappa shape index (κ1) is 26.5. The van der Waals surface area contributed by atoms with Crippen molar-refractivity contribution in [2.24, 2.45) is 0 Å². The predicted molar refractivity (Wildman–Crippen MR) is 71.6 cm³/mol. The van der Waals surface area contributed by atoms with Gasteiger partial charge in [-0.15, -0.1) is 6.58 Å². The molecular formula is C12H11Cl2F11O2. The van der Waals surface area contributed by atoms with Crippen LogP contribution < -0.4 is 0 Å². The molecule has 2 atom stereocenters. The van der Waals surface area contributed by atoms with Crippen LogP contribution in [0.15, 0.2) is 12.7 Å². The molecule has 0 spiro atoms. The van der Waals surface area contributed by atoms with Gasteiger partial charge in [-0.1, -0.05) is 6.08 Å². The lowest BCUT2D eigenvalue weighted by molar-refractivity contribution is -0.464. The highest BCUT2D eigenvalue weighted by Crippen LogP contribution is 2.59. The third kappa shape index (κ3) is 4.25. The van der Waals surface area contributed by atoms with Gasteiger partial charge < -0.3 is 4.74 Å². The molecule has 0 aliphatic rings. The highest BCUT2D eigenvalue weighted by Gasteiger charge is 2.86. The minimum absolute atomic E-state index is 0.158. The van der Waals surface area contributed by atoms with Crippen LogP contribution in [-0.2, 0) is 9.47 Å². The summed E-state index contributed by atoms with van der Waals surface area (Å²) in [5, 5.41) is -11.3. The molecule has 162 valence electrons. The van der Waals surface area contributed by atoms with Crippen LogP contribution in [0.25, 0.3) is 0 Å². The summed E-state index contributed by atoms with van der Waals surface area (Å²) in [6, 6.07) is 0. The summed E-state index contributed by atoms with van der Waals surface area (Å²) in [6.45, 7) is 3.05. The maximum Gasteiger partial charge on any atom is 0.429 e. The molecule has 0 N–H and O–H groups in total. The zero-order valence-electron chi connectivity index (χ0n) is 13.2. The molecule has 27 heavy (non-hydrogen) atoms. The van der Waals surface area contributed by atoms with E-state index in [2.05, 4.69) is 39.3 Å². The molecule has 2 nitrogen and oxygen atoms in total. The molecule has 0 radical (unpaired) electrons. The fourth-order valence-electron chi connectivity index (χ4n) is 1.61. The van der Waals surface area contributed by atoms with Crippen LogP contribution in [-0.4, -0.2) is 47.3 Å². The number of hydrogen-bond donors (Lipinski definition) is 0. The molecule has 0 aromatic heterocycles. The topological polar surface area (TPSA) is 18.5 Å². The van der Waals surface area contributed by atoms with E-state index in [0.29, 0.717) is 13.2 Å². The van der Waals surface area contributed by atoms with Gasteiger partial charge in [0.25, 0.3) is 0 Å². The highest BCUT2D eigenvalue weighted by atomic mass is 35.5. The lowest BCUT2D eigenvalue weighted by atomic mass is 9.86. The van der Waals surface area contributed by atoms with Crippen LogP contribution in [0.2, 0.25) is 0 Å². The molecule has 15 heteroatoms. The van der Waals surface area contributed by atoms with E-state index in [9.17, 15) is 48.3 Å². The smallest absolute Gasteiger partial charge is 0.372 e. The van der Waals surface area contributed by atoms with Gasteiger partial charge in [0.2, 0.25) is 0 Å². The monoisotopic (exact) mass is 466 g/mol. The van der Waals surface area contributed by atoms with E-state index < -0.39 is 46.6 Å². The summed E-state index contributed by atoms with van der Waals surface area (Å²) >= 11 is 7.99. The van der Waals surface area contributed by atoms with E-state index in [1.807, 2.05) is 0 Å². The maximum atomic E-state index is 14.0. The molecule has 0 rings (SSSR count). The maximum absolute atomic E-state index is 14.0. The van der Waals surface area contributed by atoms with Crippen LogP contribution in [0.3, 0.4) is 0 Å². The summed E-state index contributed by atoms with van der Waals surface area (Å²) in [5.74, 6) is -20.4. The van der Waals surface area contributed by atoms with Crippen LogP contribution >= 0.6 is 23.2 Å². The van der Waals surface area contributed by atoms with Gasteiger partial charge in [-0.2, -0.15) is 48.3 Å². The molecule has 2 unspecified atom stereocenters. The van der Waals surface area contributed by atoms with E-state index in [4.69, 9.17) is 0 Å². The predicted octanol–water partition coefficient (Wildman–Crippen LogP) is 6.18. The Morgan fingerprint density at radius 2 is 1.22 bits per heavy atom. The van der Waals surface area contributed by atoms with Gasteiger partial charge in [-0.05, 0) is 36.5 Å². The molecular weight excluding hydrogens is 456 g/mol. The van der Waals surface area contributed by atoms with Crippen LogP contribution in [0.1, 0.15) is 13.3 Å². The summed E-state index contributed by atoms with van der Waals surface area (Å²) in [4.78, 5) is 0. The summed E-state index contributed by atoms with van der Waals surface area (Å²) in [5.41, 5.74) is -3.51. The molecule has 0 fully saturated rings. The van der Waals surface area contributed by atoms with Crippen LogP contribution in [0.5, 0.6) is 0 Å². The first-order chi connectivity index (χ1) is 11.6. The Kier molecular flexibility index (Phi) is 7.23. The first-order valence-corrected chi connectivity index (χ1v) is 7.15. The number of methoxy groups -OCH3 is 1. The van der Waals surface area contributed by atoms with Gasteiger partial charge in [0.1, 0.15) is 5.60 Å². The fraction of sp³-hybridized carbons (Fsp3) is 0.833. The van der Waals surface area contributed by atoms with E-state index in [-0.39, 0.29) is 6.92 Å². The number of rotatable bonds is 10. The van der Waals surface area contributed by atoms with Gasteiger partial charge in [0, 0.05) is 7.11 Å². The molecule has 0 aliphatic carbocycles. The van der Waals surface area contributed by atoms with Crippen molar-refractivity contribution < 1.29 is 57.8 Å². The molecule has 0 aromatic rings. The van der Waals surface area contributed by atoms with Crippen molar-refractivity contribution in [1.29, 1.82) is 0 Å². The van der Waals surface area contributed by atoms with Crippen molar-refractivity contribution in [1.82, 2.24) is 0 Å². The van der Waals surface area contributed by atoms with E-state index in [0.717, 1.165) is 0 Å². The normalized spacial score (nSPS) is 19.4. The van der Waals surface area contributed by atoms with E-state index in [1.165, 1.54) is 0 Å². The van der Waals surface area contributed by atoms with Gasteiger partial charge in [0.15, 0.2) is 0 Å². The third-order valence-electron chi connectivity index (χ3n) is 3.39. The Bertz CT molecular complexity index is 548. The molecule has 0 saturated carbocycles. The van der Waals surface area contributed by atoms with E-state index >= 15 is 0 Å². The second-order valence-corrected chi connectivity index (χ2v) is 6.25. The Balaban J connectivity index is 6.26. The first-order valence-electron chi connectivity index (χ1n) is 6.40. The molecule has 0 aromatic carbocycles. The Morgan fingerprint density at radius 1 is 0.815 bits per heavy atom. The average Bonchev–Trinajstić information content (AvgIpc) is 2.44. The Labute approximate surface area is 155 Å². The van der Waals surface area contributed by atoms with Crippen molar-refractivity contribution in [3.63, 3.8) is 0 Å². The van der Waals surface area contributed by atoms with Crippen molar-refractivity contribution in [2.75, 3.05) is 7.11 Å². The number of alkyl halides is 13. The summed E-state index contributed by atoms with van der Waals surface area (Å²) in [6.07, 6.45) is -7.69. The van der Waals surface area contributed by atoms with Crippen LogP contribution in [0.4, 0.5) is 48.3 Å². The number of hydrogen-bond acceptors (Lipinski definition) is 2. The Hall–Kier alpha value is -0.530. The van der Waals surface area contributed by atoms with Gasteiger partial charge in [-0.3, -0.25) is 4.74 Å². The van der Waals surface area contributed by atoms with Gasteiger partial charge in [-0.25, -0.2) is 0 Å². The van der Waals surface area contributed by atoms with Gasteiger partial charge >= 0.3 is 34.6 Å². The standard InChI is InChI=1S/C12H11Cl2F11O2/c1-4-5-6(2,26-3)7(15,16)8(17,18)9(19,20)12(24,25)27-11(14,23)10(13,21)22/h4H,1,5H2,2-3H3. The second-order valence-electron chi connectivity index (χ2n) is 5.28. The minimum Gasteiger partial charge on any atom is -0.372 e. The average molecular weight is 467 g/mol. The molecule has 0 saturated heterocycles. The van der Waals surface area contributed by atoms with Crippen molar-refractivity contribution >= 4 is 23.2 Å². The zero-order chi connectivity index (χ0) is 22.3. The Morgan fingerprint density at radius 3 is 1.52 bits per heavy atom. The van der Waals surface area contributed by atoms with Gasteiger partial charge in [0.05, 0.1) is 0 Å². The van der Waals surface area contributed by atoms with Crippen molar-refractivity contribution in [3.05, 3.63) is 12.7 Å². The lowest BCUT2D eigenvalue weighted by Gasteiger charge is -2.43. The summed E-state index contributed by atoms with van der Waals surface area (Å²) in [7, 11) is 0.375. The van der Waals surface area contributed by atoms with Crippen molar-refractivity contribution in [2.45, 2.75) is 53.5 Å². The quantitative estimate of drug-likeness (QED) is 0.217. The molecule has 0 aliphatic heterocycles. The molecule has 0 amide bonds. The minimum atomic E-state index is -7.27. The largest absolute Gasteiger partial charge is 0.429 e. The lowest BCUT2D eigenvalue weighted by Crippen LogP contribution is -2.70. The third-order valence-corrected chi connectivity index (χ3v) is 4.04. The number of halogens is 13. The zero-order valence-corrected chi connectivity index (χ0v) is 14.7. The summed E-state index contributed by atoms with van der Waals surface area (Å²) < 4.78 is 154. The second kappa shape index (κ2) is 7.38. The SMILES string of the molecule is C=CCC(C)(OC)C(F)(F)C(F)(F)C(F)(F)C(F)(F)OC(F)(Cl)C(F)(F)Cl. The van der Waals surface area contributed by atoms with E-state index in [1.54, 1.807) is 0 Å².